The highest BCUT2D eigenvalue weighted by atomic mass is 16.5. The minimum Gasteiger partial charge on any atom is -0.363 e. The van der Waals surface area contributed by atoms with Gasteiger partial charge in [-0.2, -0.15) is 4.98 Å². The summed E-state index contributed by atoms with van der Waals surface area (Å²) < 4.78 is 13.4. The molecule has 0 amide bonds. The Bertz CT molecular complexity index is 621. The number of imidazole rings is 1. The van der Waals surface area contributed by atoms with Crippen molar-refractivity contribution >= 4 is 0 Å². The summed E-state index contributed by atoms with van der Waals surface area (Å²) in [5.41, 5.74) is 0. The minimum absolute atomic E-state index is 0.119. The van der Waals surface area contributed by atoms with Gasteiger partial charge in [0.15, 0.2) is 5.82 Å². The fourth-order valence-corrected chi connectivity index (χ4v) is 2.88. The van der Waals surface area contributed by atoms with Gasteiger partial charge in [-0.15, -0.1) is 0 Å². The molecule has 22 heavy (non-hydrogen) atoms. The molecular weight excluding hydrogens is 282 g/mol. The van der Waals surface area contributed by atoms with Crippen LogP contribution in [0.1, 0.15) is 50.5 Å². The van der Waals surface area contributed by atoms with Crippen LogP contribution in [0.3, 0.4) is 0 Å². The normalized spacial score (nSPS) is 23.3. The van der Waals surface area contributed by atoms with Crippen LogP contribution in [-0.2, 0) is 11.3 Å². The van der Waals surface area contributed by atoms with Crippen LogP contribution in [0.25, 0.3) is 0 Å². The van der Waals surface area contributed by atoms with E-state index in [2.05, 4.69) is 45.4 Å². The number of rotatable bonds is 4. The Kier molecular flexibility index (Phi) is 4.26. The lowest BCUT2D eigenvalue weighted by Gasteiger charge is -2.35. The van der Waals surface area contributed by atoms with Gasteiger partial charge in [0.05, 0.1) is 12.6 Å². The first-order valence-electron chi connectivity index (χ1n) is 7.72. The second kappa shape index (κ2) is 6.18. The average molecular weight is 305 g/mol. The molecule has 0 unspecified atom stereocenters. The third-order valence-electron chi connectivity index (χ3n) is 3.82. The average Bonchev–Trinajstić information content (AvgIpc) is 3.07. The predicted molar refractivity (Wildman–Crippen MR) is 80.2 cm³/mol. The maximum atomic E-state index is 5.95. The molecule has 0 aliphatic carbocycles. The molecule has 0 aromatic carbocycles. The summed E-state index contributed by atoms with van der Waals surface area (Å²) in [4.78, 5) is 11.1. The quantitative estimate of drug-likeness (QED) is 0.862. The molecule has 1 saturated heterocycles. The van der Waals surface area contributed by atoms with Gasteiger partial charge >= 0.3 is 0 Å². The number of hydrogen-bond donors (Lipinski definition) is 0. The molecule has 3 heterocycles. The van der Waals surface area contributed by atoms with Crippen LogP contribution in [0.4, 0.5) is 0 Å². The molecule has 0 spiro atoms. The largest absolute Gasteiger partial charge is 0.363 e. The Morgan fingerprint density at radius 3 is 2.86 bits per heavy atom. The number of morpholine rings is 1. The molecule has 120 valence electrons. The van der Waals surface area contributed by atoms with E-state index in [9.17, 15) is 0 Å². The van der Waals surface area contributed by atoms with Crippen molar-refractivity contribution in [1.82, 2.24) is 24.6 Å². The van der Waals surface area contributed by atoms with Crippen LogP contribution in [0.5, 0.6) is 0 Å². The molecule has 7 heteroatoms. The van der Waals surface area contributed by atoms with Crippen LogP contribution < -0.4 is 0 Å². The van der Waals surface area contributed by atoms with Gasteiger partial charge in [0, 0.05) is 31.5 Å². The van der Waals surface area contributed by atoms with Gasteiger partial charge in [0.25, 0.3) is 5.89 Å². The zero-order valence-corrected chi connectivity index (χ0v) is 13.6. The van der Waals surface area contributed by atoms with Crippen molar-refractivity contribution in [2.24, 2.45) is 0 Å². The Morgan fingerprint density at radius 2 is 2.18 bits per heavy atom. The van der Waals surface area contributed by atoms with Crippen molar-refractivity contribution < 1.29 is 9.26 Å². The van der Waals surface area contributed by atoms with E-state index in [4.69, 9.17) is 9.26 Å². The lowest BCUT2D eigenvalue weighted by Crippen LogP contribution is -2.42. The molecule has 0 N–H and O–H groups in total. The number of ether oxygens (including phenoxy) is 1. The molecule has 0 radical (unpaired) electrons. The smallest absolute Gasteiger partial charge is 0.257 e. The number of nitrogens with zero attached hydrogens (tertiary/aromatic N) is 5. The van der Waals surface area contributed by atoms with Crippen molar-refractivity contribution in [1.29, 1.82) is 0 Å². The number of hydrogen-bond acceptors (Lipinski definition) is 6. The van der Waals surface area contributed by atoms with Gasteiger partial charge in [-0.1, -0.05) is 5.16 Å². The SMILES string of the molecule is Cc1noc([C@H]2CN(Cc3nccn3C(C)C)C[C@@H](C)O2)n1. The summed E-state index contributed by atoms with van der Waals surface area (Å²) in [5, 5.41) is 3.85. The molecule has 2 atom stereocenters. The summed E-state index contributed by atoms with van der Waals surface area (Å²) in [6.45, 7) is 10.6. The lowest BCUT2D eigenvalue weighted by molar-refractivity contribution is -0.0937. The van der Waals surface area contributed by atoms with E-state index in [0.717, 1.165) is 25.5 Å². The minimum atomic E-state index is -0.174. The summed E-state index contributed by atoms with van der Waals surface area (Å²) >= 11 is 0. The van der Waals surface area contributed by atoms with Crippen LogP contribution >= 0.6 is 0 Å². The zero-order chi connectivity index (χ0) is 15.7. The molecule has 0 saturated carbocycles. The standard InChI is InChI=1S/C15H23N5O2/c1-10(2)20-6-5-16-14(20)9-19-7-11(3)21-13(8-19)15-17-12(4)18-22-15/h5-6,10-11,13H,7-9H2,1-4H3/t11-,13-/m1/s1. The molecule has 3 rings (SSSR count). The van der Waals surface area contributed by atoms with Gasteiger partial charge in [0.1, 0.15) is 11.9 Å². The van der Waals surface area contributed by atoms with E-state index in [1.807, 2.05) is 19.3 Å². The van der Waals surface area contributed by atoms with E-state index in [1.54, 1.807) is 0 Å². The second-order valence-electron chi connectivity index (χ2n) is 6.15. The summed E-state index contributed by atoms with van der Waals surface area (Å²) in [7, 11) is 0. The first-order chi connectivity index (χ1) is 10.5. The predicted octanol–water partition coefficient (Wildman–Crippen LogP) is 2.12. The topological polar surface area (TPSA) is 69.2 Å². The van der Waals surface area contributed by atoms with Crippen molar-refractivity contribution in [2.45, 2.75) is 52.5 Å². The van der Waals surface area contributed by atoms with Crippen LogP contribution in [0.2, 0.25) is 0 Å². The van der Waals surface area contributed by atoms with Gasteiger partial charge in [0.2, 0.25) is 0 Å². The second-order valence-corrected chi connectivity index (χ2v) is 6.15. The third kappa shape index (κ3) is 3.20. The summed E-state index contributed by atoms with van der Waals surface area (Å²) in [6.07, 6.45) is 3.83. The monoisotopic (exact) mass is 305 g/mol. The van der Waals surface area contributed by atoms with Gasteiger partial charge in [-0.25, -0.2) is 4.98 Å². The van der Waals surface area contributed by atoms with Gasteiger partial charge in [-0.3, -0.25) is 4.90 Å². The highest BCUT2D eigenvalue weighted by Gasteiger charge is 2.30. The molecule has 0 bridgehead atoms. The number of aryl methyl sites for hydroxylation is 1. The van der Waals surface area contributed by atoms with Crippen LogP contribution in [0.15, 0.2) is 16.9 Å². The fraction of sp³-hybridized carbons (Fsp3) is 0.667. The maximum Gasteiger partial charge on any atom is 0.257 e. The molecule has 7 nitrogen and oxygen atoms in total. The lowest BCUT2D eigenvalue weighted by atomic mass is 10.2. The van der Waals surface area contributed by atoms with E-state index in [-0.39, 0.29) is 12.2 Å². The van der Waals surface area contributed by atoms with Crippen molar-refractivity contribution in [3.05, 3.63) is 29.9 Å². The van der Waals surface area contributed by atoms with E-state index in [0.29, 0.717) is 17.8 Å². The van der Waals surface area contributed by atoms with Gasteiger partial charge in [-0.05, 0) is 27.7 Å². The Morgan fingerprint density at radius 1 is 1.36 bits per heavy atom. The zero-order valence-electron chi connectivity index (χ0n) is 13.6. The molecule has 1 aliphatic rings. The van der Waals surface area contributed by atoms with Crippen molar-refractivity contribution in [3.8, 4) is 0 Å². The number of aromatic nitrogens is 4. The first-order valence-corrected chi connectivity index (χ1v) is 7.72. The van der Waals surface area contributed by atoms with Crippen LogP contribution in [0, 0.1) is 6.92 Å². The highest BCUT2D eigenvalue weighted by molar-refractivity contribution is 4.97. The Hall–Kier alpha value is -1.73. The van der Waals surface area contributed by atoms with Gasteiger partial charge < -0.3 is 13.8 Å². The summed E-state index contributed by atoms with van der Waals surface area (Å²) in [5.74, 6) is 2.27. The third-order valence-corrected chi connectivity index (χ3v) is 3.82. The highest BCUT2D eigenvalue weighted by Crippen LogP contribution is 2.25. The molecule has 1 aliphatic heterocycles. The maximum absolute atomic E-state index is 5.95. The Labute approximate surface area is 130 Å². The van der Waals surface area contributed by atoms with Crippen molar-refractivity contribution in [2.75, 3.05) is 13.1 Å². The van der Waals surface area contributed by atoms with Crippen molar-refractivity contribution in [3.63, 3.8) is 0 Å². The molecule has 1 fully saturated rings. The molecular formula is C15H23N5O2. The van der Waals surface area contributed by atoms with Crippen LogP contribution in [-0.4, -0.2) is 43.8 Å². The Balaban J connectivity index is 1.72. The molecule has 2 aromatic rings. The van der Waals surface area contributed by atoms with E-state index in [1.165, 1.54) is 0 Å². The fourth-order valence-electron chi connectivity index (χ4n) is 2.88. The summed E-state index contributed by atoms with van der Waals surface area (Å²) in [6, 6.07) is 0.408. The molecule has 2 aromatic heterocycles. The first kappa shape index (κ1) is 15.2. The van der Waals surface area contributed by atoms with E-state index < -0.39 is 0 Å². The van der Waals surface area contributed by atoms with E-state index >= 15 is 0 Å².